The van der Waals surface area contributed by atoms with Gasteiger partial charge in [-0.2, -0.15) is 0 Å². The summed E-state index contributed by atoms with van der Waals surface area (Å²) in [6.45, 7) is 7.71. The van der Waals surface area contributed by atoms with E-state index in [2.05, 4.69) is 41.5 Å². The first-order valence-corrected chi connectivity index (χ1v) is 8.59. The second-order valence-electron chi connectivity index (χ2n) is 5.55. The Balaban J connectivity index is 1.95. The van der Waals surface area contributed by atoms with Gasteiger partial charge in [0.05, 0.1) is 0 Å². The van der Waals surface area contributed by atoms with Crippen molar-refractivity contribution in [1.29, 1.82) is 0 Å². The van der Waals surface area contributed by atoms with Crippen molar-refractivity contribution in [1.82, 2.24) is 10.2 Å². The molecule has 0 fully saturated rings. The van der Waals surface area contributed by atoms with Gasteiger partial charge >= 0.3 is 6.03 Å². The summed E-state index contributed by atoms with van der Waals surface area (Å²) < 4.78 is 0. The third kappa shape index (κ3) is 5.55. The van der Waals surface area contributed by atoms with E-state index < -0.39 is 0 Å². The lowest BCUT2D eigenvalue weighted by Gasteiger charge is -2.20. The van der Waals surface area contributed by atoms with Gasteiger partial charge in [-0.15, -0.1) is 0 Å². The molecule has 0 saturated carbocycles. The number of hydrogen-bond acceptors (Lipinski definition) is 2. The van der Waals surface area contributed by atoms with Crippen molar-refractivity contribution in [3.8, 4) is 0 Å². The molecule has 4 nitrogen and oxygen atoms in total. The molecule has 0 aromatic heterocycles. The quantitative estimate of drug-likeness (QED) is 0.775. The Hall–Kier alpha value is -2.04. The minimum absolute atomic E-state index is 0.241. The number of amides is 2. The number of nitrogens with one attached hydrogen (secondary N) is 2. The normalized spacial score (nSPS) is 10.7. The lowest BCUT2D eigenvalue weighted by atomic mass is 10.1. The maximum Gasteiger partial charge on any atom is 0.319 e. The van der Waals surface area contributed by atoms with E-state index >= 15 is 0 Å². The third-order valence-electron chi connectivity index (χ3n) is 3.93. The summed E-state index contributed by atoms with van der Waals surface area (Å²) in [5, 5.41) is 6.29. The number of halogens is 1. The molecular formula is C19H24ClN3O. The Bertz CT molecular complexity index is 671. The highest BCUT2D eigenvalue weighted by atomic mass is 35.5. The smallest absolute Gasteiger partial charge is 0.319 e. The van der Waals surface area contributed by atoms with E-state index in [1.165, 1.54) is 5.56 Å². The zero-order valence-electron chi connectivity index (χ0n) is 14.2. The van der Waals surface area contributed by atoms with Crippen molar-refractivity contribution in [3.05, 3.63) is 64.7 Å². The average Bonchev–Trinajstić information content (AvgIpc) is 2.58. The van der Waals surface area contributed by atoms with E-state index in [9.17, 15) is 4.79 Å². The number of anilines is 1. The minimum atomic E-state index is -0.241. The van der Waals surface area contributed by atoms with Crippen LogP contribution in [0.2, 0.25) is 5.02 Å². The van der Waals surface area contributed by atoms with Gasteiger partial charge < -0.3 is 10.6 Å². The molecule has 0 radical (unpaired) electrons. The van der Waals surface area contributed by atoms with Crippen LogP contribution >= 0.6 is 11.6 Å². The highest BCUT2D eigenvalue weighted by Crippen LogP contribution is 2.15. The maximum atomic E-state index is 12.1. The molecule has 128 valence electrons. The Kier molecular flexibility index (Phi) is 7.09. The van der Waals surface area contributed by atoms with Crippen LogP contribution in [0.15, 0.2) is 48.5 Å². The highest BCUT2D eigenvalue weighted by molar-refractivity contribution is 6.30. The maximum absolute atomic E-state index is 12.1. The zero-order chi connectivity index (χ0) is 17.4. The average molecular weight is 346 g/mol. The summed E-state index contributed by atoms with van der Waals surface area (Å²) in [6, 6.07) is 15.1. The fourth-order valence-electron chi connectivity index (χ4n) is 2.49. The van der Waals surface area contributed by atoms with E-state index in [4.69, 9.17) is 11.6 Å². The van der Waals surface area contributed by atoms with E-state index in [0.717, 1.165) is 25.2 Å². The first-order chi connectivity index (χ1) is 11.6. The number of benzene rings is 2. The number of hydrogen-bond donors (Lipinski definition) is 2. The molecule has 2 N–H and O–H groups in total. The first-order valence-electron chi connectivity index (χ1n) is 8.22. The van der Waals surface area contributed by atoms with Crippen molar-refractivity contribution in [2.24, 2.45) is 0 Å². The molecule has 0 unspecified atom stereocenters. The van der Waals surface area contributed by atoms with Crippen LogP contribution in [0.25, 0.3) is 0 Å². The summed E-state index contributed by atoms with van der Waals surface area (Å²) in [4.78, 5) is 14.4. The van der Waals surface area contributed by atoms with Crippen LogP contribution in [0, 0.1) is 0 Å². The first kappa shape index (κ1) is 18.3. The van der Waals surface area contributed by atoms with Crippen molar-refractivity contribution >= 4 is 23.3 Å². The summed E-state index contributed by atoms with van der Waals surface area (Å²) in [5.74, 6) is 0. The summed E-state index contributed by atoms with van der Waals surface area (Å²) >= 11 is 5.92. The molecular weight excluding hydrogens is 322 g/mol. The Morgan fingerprint density at radius 3 is 2.42 bits per heavy atom. The zero-order valence-corrected chi connectivity index (χ0v) is 14.9. The van der Waals surface area contributed by atoms with Crippen LogP contribution < -0.4 is 10.6 Å². The van der Waals surface area contributed by atoms with Crippen molar-refractivity contribution in [2.75, 3.05) is 18.4 Å². The van der Waals surface area contributed by atoms with Gasteiger partial charge in [0.25, 0.3) is 0 Å². The molecule has 2 rings (SSSR count). The number of rotatable bonds is 7. The van der Waals surface area contributed by atoms with Gasteiger partial charge in [-0.05, 0) is 42.4 Å². The molecule has 5 heteroatoms. The molecule has 0 spiro atoms. The Labute approximate surface area is 148 Å². The number of urea groups is 1. The highest BCUT2D eigenvalue weighted by Gasteiger charge is 2.08. The Morgan fingerprint density at radius 1 is 1.04 bits per heavy atom. The minimum Gasteiger partial charge on any atom is -0.334 e. The summed E-state index contributed by atoms with van der Waals surface area (Å²) in [5.41, 5.74) is 3.05. The van der Waals surface area contributed by atoms with Crippen LogP contribution in [-0.2, 0) is 13.1 Å². The van der Waals surface area contributed by atoms with Gasteiger partial charge in [-0.1, -0.05) is 55.8 Å². The molecule has 0 aliphatic rings. The van der Waals surface area contributed by atoms with Crippen LogP contribution in [0.3, 0.4) is 0 Å². The van der Waals surface area contributed by atoms with Gasteiger partial charge in [-0.3, -0.25) is 4.90 Å². The predicted octanol–water partition coefficient (Wildman–Crippen LogP) is 4.50. The SMILES string of the molecule is CCN(CC)Cc1ccccc1CNC(=O)Nc1cccc(Cl)c1. The number of carbonyl (C=O) groups excluding carboxylic acids is 1. The topological polar surface area (TPSA) is 44.4 Å². The summed E-state index contributed by atoms with van der Waals surface area (Å²) in [6.07, 6.45) is 0. The van der Waals surface area contributed by atoms with Gasteiger partial charge in [0.1, 0.15) is 0 Å². The van der Waals surface area contributed by atoms with E-state index in [1.54, 1.807) is 24.3 Å². The second-order valence-corrected chi connectivity index (χ2v) is 5.98. The van der Waals surface area contributed by atoms with Gasteiger partial charge in [0.2, 0.25) is 0 Å². The van der Waals surface area contributed by atoms with Crippen LogP contribution in [0.5, 0.6) is 0 Å². The fourth-order valence-corrected chi connectivity index (χ4v) is 2.68. The van der Waals surface area contributed by atoms with Crippen molar-refractivity contribution < 1.29 is 4.79 Å². The fraction of sp³-hybridized carbons (Fsp3) is 0.316. The lowest BCUT2D eigenvalue weighted by Crippen LogP contribution is -2.29. The standard InChI is InChI=1S/C19H24ClN3O/c1-3-23(4-2)14-16-9-6-5-8-15(16)13-21-19(24)22-18-11-7-10-17(20)12-18/h5-12H,3-4,13-14H2,1-2H3,(H2,21,22,24). The van der Waals surface area contributed by atoms with Gasteiger partial charge in [0.15, 0.2) is 0 Å². The molecule has 2 aromatic rings. The number of carbonyl (C=O) groups is 1. The molecule has 0 bridgehead atoms. The predicted molar refractivity (Wildman–Crippen MR) is 100 cm³/mol. The van der Waals surface area contributed by atoms with Gasteiger partial charge in [-0.25, -0.2) is 4.79 Å². The van der Waals surface area contributed by atoms with Gasteiger partial charge in [0, 0.05) is 23.8 Å². The van der Waals surface area contributed by atoms with E-state index in [1.807, 2.05) is 12.1 Å². The lowest BCUT2D eigenvalue weighted by molar-refractivity contribution is 0.251. The molecule has 2 amide bonds. The Morgan fingerprint density at radius 2 is 1.75 bits per heavy atom. The molecule has 0 heterocycles. The summed E-state index contributed by atoms with van der Waals surface area (Å²) in [7, 11) is 0. The number of nitrogens with zero attached hydrogens (tertiary/aromatic N) is 1. The largest absolute Gasteiger partial charge is 0.334 e. The second kappa shape index (κ2) is 9.30. The van der Waals surface area contributed by atoms with Crippen molar-refractivity contribution in [2.45, 2.75) is 26.9 Å². The van der Waals surface area contributed by atoms with E-state index in [-0.39, 0.29) is 6.03 Å². The molecule has 2 aromatic carbocycles. The molecule has 0 saturated heterocycles. The van der Waals surface area contributed by atoms with E-state index in [0.29, 0.717) is 17.3 Å². The molecule has 0 atom stereocenters. The van der Waals surface area contributed by atoms with Crippen LogP contribution in [0.4, 0.5) is 10.5 Å². The third-order valence-corrected chi connectivity index (χ3v) is 4.16. The molecule has 0 aliphatic carbocycles. The molecule has 24 heavy (non-hydrogen) atoms. The van der Waals surface area contributed by atoms with Crippen molar-refractivity contribution in [3.63, 3.8) is 0 Å². The van der Waals surface area contributed by atoms with Crippen LogP contribution in [0.1, 0.15) is 25.0 Å². The molecule has 0 aliphatic heterocycles. The van der Waals surface area contributed by atoms with Crippen LogP contribution in [-0.4, -0.2) is 24.0 Å². The monoisotopic (exact) mass is 345 g/mol.